The number of rotatable bonds is 6. The summed E-state index contributed by atoms with van der Waals surface area (Å²) >= 11 is 0. The average Bonchev–Trinajstić information content (AvgIpc) is 3.05. The molecule has 28 heavy (non-hydrogen) atoms. The van der Waals surface area contributed by atoms with Crippen LogP contribution in [0.15, 0.2) is 54.6 Å². The molecule has 0 atom stereocenters. The Balaban J connectivity index is 1.45. The minimum Gasteiger partial charge on any atom is -0.337 e. The van der Waals surface area contributed by atoms with E-state index < -0.39 is 0 Å². The van der Waals surface area contributed by atoms with Gasteiger partial charge in [-0.2, -0.15) is 0 Å². The van der Waals surface area contributed by atoms with Crippen molar-refractivity contribution in [2.45, 2.75) is 45.2 Å². The van der Waals surface area contributed by atoms with E-state index in [2.05, 4.69) is 12.1 Å². The van der Waals surface area contributed by atoms with Crippen LogP contribution in [-0.2, 0) is 17.9 Å². The summed E-state index contributed by atoms with van der Waals surface area (Å²) in [5, 5.41) is 0. The molecule has 0 bridgehead atoms. The van der Waals surface area contributed by atoms with E-state index in [0.29, 0.717) is 19.0 Å². The molecular weight excluding hydrogens is 348 g/mol. The van der Waals surface area contributed by atoms with E-state index in [-0.39, 0.29) is 18.4 Å². The molecule has 4 nitrogen and oxygen atoms in total. The lowest BCUT2D eigenvalue weighted by molar-refractivity contribution is -0.133. The van der Waals surface area contributed by atoms with Crippen molar-refractivity contribution in [1.29, 1.82) is 0 Å². The molecule has 2 aromatic rings. The van der Waals surface area contributed by atoms with E-state index in [1.807, 2.05) is 47.4 Å². The molecule has 4 rings (SSSR count). The van der Waals surface area contributed by atoms with E-state index >= 15 is 0 Å². The maximum absolute atomic E-state index is 13.2. The summed E-state index contributed by atoms with van der Waals surface area (Å²) in [4.78, 5) is 29.5. The molecule has 2 aromatic carbocycles. The van der Waals surface area contributed by atoms with Gasteiger partial charge < -0.3 is 9.80 Å². The highest BCUT2D eigenvalue weighted by atomic mass is 16.2. The third-order valence-electron chi connectivity index (χ3n) is 5.99. The summed E-state index contributed by atoms with van der Waals surface area (Å²) in [7, 11) is 0. The normalized spacial score (nSPS) is 16.9. The van der Waals surface area contributed by atoms with Crippen molar-refractivity contribution in [2.75, 3.05) is 13.1 Å². The van der Waals surface area contributed by atoms with Crippen LogP contribution in [0.1, 0.15) is 53.6 Å². The fourth-order valence-electron chi connectivity index (χ4n) is 4.45. The third kappa shape index (κ3) is 4.27. The van der Waals surface area contributed by atoms with Gasteiger partial charge in [-0.05, 0) is 36.0 Å². The SMILES string of the molecule is O=C(CN1Cc2ccccc2C1=O)N(Cc1ccccc1)CC1CCCCC1. The van der Waals surface area contributed by atoms with Crippen LogP contribution >= 0.6 is 0 Å². The lowest BCUT2D eigenvalue weighted by Crippen LogP contribution is -2.42. The van der Waals surface area contributed by atoms with Crippen LogP contribution in [0.2, 0.25) is 0 Å². The smallest absolute Gasteiger partial charge is 0.254 e. The number of nitrogens with zero attached hydrogens (tertiary/aromatic N) is 2. The van der Waals surface area contributed by atoms with Crippen molar-refractivity contribution in [3.8, 4) is 0 Å². The first-order valence-electron chi connectivity index (χ1n) is 10.4. The maximum atomic E-state index is 13.2. The van der Waals surface area contributed by atoms with Gasteiger partial charge in [0.1, 0.15) is 6.54 Å². The van der Waals surface area contributed by atoms with Gasteiger partial charge in [0.05, 0.1) is 0 Å². The van der Waals surface area contributed by atoms with Crippen LogP contribution in [0, 0.1) is 5.92 Å². The Kier molecular flexibility index (Phi) is 5.75. The number of carbonyl (C=O) groups is 2. The van der Waals surface area contributed by atoms with Crippen molar-refractivity contribution in [3.05, 3.63) is 71.3 Å². The largest absolute Gasteiger partial charge is 0.337 e. The highest BCUT2D eigenvalue weighted by Gasteiger charge is 2.30. The van der Waals surface area contributed by atoms with Gasteiger partial charge >= 0.3 is 0 Å². The van der Waals surface area contributed by atoms with Gasteiger partial charge in [-0.3, -0.25) is 9.59 Å². The van der Waals surface area contributed by atoms with Crippen molar-refractivity contribution in [3.63, 3.8) is 0 Å². The second-order valence-electron chi connectivity index (χ2n) is 8.08. The Bertz CT molecular complexity index is 828. The lowest BCUT2D eigenvalue weighted by atomic mass is 9.89. The van der Waals surface area contributed by atoms with Gasteiger partial charge in [0.2, 0.25) is 5.91 Å². The molecule has 2 aliphatic rings. The Morgan fingerprint density at radius 2 is 1.68 bits per heavy atom. The zero-order valence-electron chi connectivity index (χ0n) is 16.3. The molecule has 2 amide bonds. The minimum absolute atomic E-state index is 0.0266. The molecule has 0 radical (unpaired) electrons. The quantitative estimate of drug-likeness (QED) is 0.756. The van der Waals surface area contributed by atoms with Crippen molar-refractivity contribution in [2.24, 2.45) is 5.92 Å². The summed E-state index contributed by atoms with van der Waals surface area (Å²) < 4.78 is 0. The summed E-state index contributed by atoms with van der Waals surface area (Å²) in [5.41, 5.74) is 2.89. The second kappa shape index (κ2) is 8.59. The Morgan fingerprint density at radius 3 is 2.43 bits per heavy atom. The molecule has 0 N–H and O–H groups in total. The van der Waals surface area contributed by atoms with E-state index in [0.717, 1.165) is 23.2 Å². The highest BCUT2D eigenvalue weighted by Crippen LogP contribution is 2.26. The molecule has 0 unspecified atom stereocenters. The molecule has 146 valence electrons. The van der Waals surface area contributed by atoms with Gasteiger partial charge in [-0.1, -0.05) is 67.8 Å². The van der Waals surface area contributed by atoms with Gasteiger partial charge in [0.15, 0.2) is 0 Å². The molecule has 1 saturated carbocycles. The molecule has 0 saturated heterocycles. The number of carbonyl (C=O) groups excluding carboxylic acids is 2. The standard InChI is InChI=1S/C24H28N2O2/c27-23(18-26-17-21-13-7-8-14-22(21)24(26)28)25(15-19-9-3-1-4-10-19)16-20-11-5-2-6-12-20/h1,3-4,7-10,13-14,20H,2,5-6,11-12,15-18H2. The van der Waals surface area contributed by atoms with Crippen LogP contribution in [0.25, 0.3) is 0 Å². The predicted octanol–water partition coefficient (Wildman–Crippen LogP) is 4.25. The highest BCUT2D eigenvalue weighted by molar-refractivity contribution is 6.00. The Morgan fingerprint density at radius 1 is 0.964 bits per heavy atom. The average molecular weight is 377 g/mol. The number of benzene rings is 2. The fourth-order valence-corrected chi connectivity index (χ4v) is 4.45. The molecule has 1 aliphatic carbocycles. The summed E-state index contributed by atoms with van der Waals surface area (Å²) in [5.74, 6) is 0.602. The van der Waals surface area contributed by atoms with E-state index in [9.17, 15) is 9.59 Å². The maximum Gasteiger partial charge on any atom is 0.254 e. The van der Waals surface area contributed by atoms with Crippen molar-refractivity contribution in [1.82, 2.24) is 9.80 Å². The molecular formula is C24H28N2O2. The third-order valence-corrected chi connectivity index (χ3v) is 5.99. The van der Waals surface area contributed by atoms with E-state index in [1.54, 1.807) is 4.90 Å². The molecule has 0 spiro atoms. The van der Waals surface area contributed by atoms with Crippen LogP contribution in [-0.4, -0.2) is 34.7 Å². The summed E-state index contributed by atoms with van der Waals surface area (Å²) in [6.07, 6.45) is 6.24. The molecule has 1 heterocycles. The van der Waals surface area contributed by atoms with Crippen LogP contribution < -0.4 is 0 Å². The van der Waals surface area contributed by atoms with Crippen LogP contribution in [0.4, 0.5) is 0 Å². The van der Waals surface area contributed by atoms with E-state index in [4.69, 9.17) is 0 Å². The monoisotopic (exact) mass is 376 g/mol. The second-order valence-corrected chi connectivity index (χ2v) is 8.08. The lowest BCUT2D eigenvalue weighted by Gasteiger charge is -2.31. The summed E-state index contributed by atoms with van der Waals surface area (Å²) in [6, 6.07) is 17.8. The topological polar surface area (TPSA) is 40.6 Å². The minimum atomic E-state index is -0.0266. The van der Waals surface area contributed by atoms with Crippen LogP contribution in [0.5, 0.6) is 0 Å². The van der Waals surface area contributed by atoms with Gasteiger partial charge in [0.25, 0.3) is 5.91 Å². The number of fused-ring (bicyclic) bond motifs is 1. The molecule has 4 heteroatoms. The zero-order chi connectivity index (χ0) is 19.3. The number of hydrogen-bond donors (Lipinski definition) is 0. The first-order valence-corrected chi connectivity index (χ1v) is 10.4. The first kappa shape index (κ1) is 18.7. The fraction of sp³-hybridized carbons (Fsp3) is 0.417. The Labute approximate surface area is 167 Å². The summed E-state index contributed by atoms with van der Waals surface area (Å²) in [6.45, 7) is 2.10. The van der Waals surface area contributed by atoms with E-state index in [1.165, 1.54) is 32.1 Å². The Hall–Kier alpha value is -2.62. The predicted molar refractivity (Wildman–Crippen MR) is 110 cm³/mol. The molecule has 0 aromatic heterocycles. The van der Waals surface area contributed by atoms with Crippen molar-refractivity contribution < 1.29 is 9.59 Å². The molecule has 1 fully saturated rings. The van der Waals surface area contributed by atoms with Crippen LogP contribution in [0.3, 0.4) is 0 Å². The number of hydrogen-bond acceptors (Lipinski definition) is 2. The van der Waals surface area contributed by atoms with Gasteiger partial charge in [-0.25, -0.2) is 0 Å². The molecule has 1 aliphatic heterocycles. The number of amides is 2. The van der Waals surface area contributed by atoms with Crippen molar-refractivity contribution >= 4 is 11.8 Å². The first-order chi connectivity index (χ1) is 13.7. The van der Waals surface area contributed by atoms with Gasteiger partial charge in [-0.15, -0.1) is 0 Å². The van der Waals surface area contributed by atoms with Gasteiger partial charge in [0, 0.05) is 25.2 Å². The zero-order valence-corrected chi connectivity index (χ0v) is 16.3.